The third kappa shape index (κ3) is 5.04. The molecule has 3 rings (SSSR count). The summed E-state index contributed by atoms with van der Waals surface area (Å²) in [7, 11) is 0. The van der Waals surface area contributed by atoms with Gasteiger partial charge in [0.15, 0.2) is 0 Å². The Labute approximate surface area is 153 Å². The molecule has 8 heteroatoms. The van der Waals surface area contributed by atoms with Crippen molar-refractivity contribution in [1.82, 2.24) is 9.97 Å². The quantitative estimate of drug-likeness (QED) is 0.698. The summed E-state index contributed by atoms with van der Waals surface area (Å²) in [6.07, 6.45) is 1.81. The monoisotopic (exact) mass is 372 g/mol. The van der Waals surface area contributed by atoms with E-state index in [4.69, 9.17) is 0 Å². The van der Waals surface area contributed by atoms with Gasteiger partial charge in [0.25, 0.3) is 5.91 Å². The first-order valence-corrected chi connectivity index (χ1v) is 7.98. The number of hydrogen-bond acceptors (Lipinski definition) is 4. The number of alkyl halides is 3. The SMILES string of the molecule is O=C(Nc1cccc(C(F)(F)F)c1)c1cncc(NCc2cccnc2)c1. The van der Waals surface area contributed by atoms with Gasteiger partial charge in [0.2, 0.25) is 0 Å². The Morgan fingerprint density at radius 1 is 0.963 bits per heavy atom. The lowest BCUT2D eigenvalue weighted by atomic mass is 10.2. The third-order valence-corrected chi connectivity index (χ3v) is 3.67. The van der Waals surface area contributed by atoms with Gasteiger partial charge in [-0.15, -0.1) is 0 Å². The van der Waals surface area contributed by atoms with Gasteiger partial charge >= 0.3 is 6.18 Å². The maximum atomic E-state index is 12.8. The van der Waals surface area contributed by atoms with Crippen LogP contribution >= 0.6 is 0 Å². The maximum absolute atomic E-state index is 12.8. The fraction of sp³-hybridized carbons (Fsp3) is 0.105. The number of pyridine rings is 2. The van der Waals surface area contributed by atoms with Gasteiger partial charge in [-0.25, -0.2) is 0 Å². The number of amides is 1. The number of carbonyl (C=O) groups is 1. The third-order valence-electron chi connectivity index (χ3n) is 3.67. The number of halogens is 3. The smallest absolute Gasteiger partial charge is 0.380 e. The molecular formula is C19H15F3N4O. The van der Waals surface area contributed by atoms with Crippen LogP contribution in [0.4, 0.5) is 24.5 Å². The molecule has 0 bridgehead atoms. The van der Waals surface area contributed by atoms with Crippen molar-refractivity contribution in [1.29, 1.82) is 0 Å². The molecule has 0 saturated carbocycles. The van der Waals surface area contributed by atoms with Crippen molar-refractivity contribution >= 4 is 17.3 Å². The molecule has 0 spiro atoms. The molecule has 0 aliphatic carbocycles. The molecule has 1 aromatic carbocycles. The highest BCUT2D eigenvalue weighted by Crippen LogP contribution is 2.30. The number of nitrogens with one attached hydrogen (secondary N) is 2. The molecule has 0 unspecified atom stereocenters. The predicted octanol–water partition coefficient (Wildman–Crippen LogP) is 4.36. The molecule has 0 fully saturated rings. The molecule has 0 aliphatic rings. The Bertz CT molecular complexity index is 929. The van der Waals surface area contributed by atoms with Gasteiger partial charge in [0.05, 0.1) is 16.8 Å². The van der Waals surface area contributed by atoms with E-state index in [1.807, 2.05) is 12.1 Å². The number of hydrogen-bond donors (Lipinski definition) is 2. The van der Waals surface area contributed by atoms with Crippen molar-refractivity contribution < 1.29 is 18.0 Å². The van der Waals surface area contributed by atoms with Gasteiger partial charge < -0.3 is 10.6 Å². The fourth-order valence-electron chi connectivity index (χ4n) is 2.34. The second kappa shape index (κ2) is 7.86. The van der Waals surface area contributed by atoms with E-state index in [-0.39, 0.29) is 11.3 Å². The first kappa shape index (κ1) is 18.4. The van der Waals surface area contributed by atoms with Crippen LogP contribution in [0.2, 0.25) is 0 Å². The zero-order valence-electron chi connectivity index (χ0n) is 14.0. The zero-order valence-corrected chi connectivity index (χ0v) is 14.0. The number of nitrogens with zero attached hydrogens (tertiary/aromatic N) is 2. The van der Waals surface area contributed by atoms with Gasteiger partial charge in [-0.05, 0) is 35.9 Å². The zero-order chi connectivity index (χ0) is 19.3. The second-order valence-corrected chi connectivity index (χ2v) is 5.71. The van der Waals surface area contributed by atoms with Crippen LogP contribution in [0.5, 0.6) is 0 Å². The minimum atomic E-state index is -4.47. The number of rotatable bonds is 5. The van der Waals surface area contributed by atoms with Crippen molar-refractivity contribution in [2.24, 2.45) is 0 Å². The molecule has 0 aliphatic heterocycles. The highest BCUT2D eigenvalue weighted by molar-refractivity contribution is 6.04. The largest absolute Gasteiger partial charge is 0.416 e. The number of benzene rings is 1. The Morgan fingerprint density at radius 2 is 1.81 bits per heavy atom. The van der Waals surface area contributed by atoms with Crippen LogP contribution in [0.3, 0.4) is 0 Å². The molecule has 138 valence electrons. The Morgan fingerprint density at radius 3 is 2.56 bits per heavy atom. The Balaban J connectivity index is 1.68. The molecule has 2 aromatic heterocycles. The van der Waals surface area contributed by atoms with Crippen molar-refractivity contribution in [2.45, 2.75) is 12.7 Å². The van der Waals surface area contributed by atoms with E-state index in [9.17, 15) is 18.0 Å². The molecular weight excluding hydrogens is 357 g/mol. The van der Waals surface area contributed by atoms with Gasteiger partial charge in [-0.1, -0.05) is 12.1 Å². The topological polar surface area (TPSA) is 66.9 Å². The first-order valence-electron chi connectivity index (χ1n) is 7.98. The highest BCUT2D eigenvalue weighted by atomic mass is 19.4. The predicted molar refractivity (Wildman–Crippen MR) is 95.2 cm³/mol. The van der Waals surface area contributed by atoms with Gasteiger partial charge in [0.1, 0.15) is 0 Å². The summed E-state index contributed by atoms with van der Waals surface area (Å²) in [5.41, 5.74) is 1.02. The van der Waals surface area contributed by atoms with E-state index in [2.05, 4.69) is 20.6 Å². The number of aromatic nitrogens is 2. The molecule has 0 radical (unpaired) electrons. The van der Waals surface area contributed by atoms with E-state index in [1.54, 1.807) is 24.7 Å². The molecule has 0 saturated heterocycles. The van der Waals surface area contributed by atoms with Gasteiger partial charge in [-0.2, -0.15) is 13.2 Å². The lowest BCUT2D eigenvalue weighted by Crippen LogP contribution is -2.14. The summed E-state index contributed by atoms with van der Waals surface area (Å²) in [5, 5.41) is 5.57. The summed E-state index contributed by atoms with van der Waals surface area (Å²) in [6, 6.07) is 9.75. The van der Waals surface area contributed by atoms with Crippen molar-refractivity contribution in [2.75, 3.05) is 10.6 Å². The van der Waals surface area contributed by atoms with Crippen LogP contribution in [-0.4, -0.2) is 15.9 Å². The van der Waals surface area contributed by atoms with Crippen molar-refractivity contribution in [3.8, 4) is 0 Å². The highest BCUT2D eigenvalue weighted by Gasteiger charge is 2.30. The molecule has 3 aromatic rings. The number of anilines is 2. The molecule has 27 heavy (non-hydrogen) atoms. The average Bonchev–Trinajstić information content (AvgIpc) is 2.67. The summed E-state index contributed by atoms with van der Waals surface area (Å²) >= 11 is 0. The van der Waals surface area contributed by atoms with Crippen LogP contribution in [-0.2, 0) is 12.7 Å². The van der Waals surface area contributed by atoms with Crippen LogP contribution < -0.4 is 10.6 Å². The molecule has 0 atom stereocenters. The van der Waals surface area contributed by atoms with E-state index in [0.717, 1.165) is 17.7 Å². The maximum Gasteiger partial charge on any atom is 0.416 e. The van der Waals surface area contributed by atoms with Crippen LogP contribution in [0, 0.1) is 0 Å². The first-order chi connectivity index (χ1) is 12.9. The second-order valence-electron chi connectivity index (χ2n) is 5.71. The van der Waals surface area contributed by atoms with E-state index < -0.39 is 17.6 Å². The molecule has 2 heterocycles. The van der Waals surface area contributed by atoms with Crippen LogP contribution in [0.15, 0.2) is 67.3 Å². The minimum Gasteiger partial charge on any atom is -0.380 e. The van der Waals surface area contributed by atoms with Crippen molar-refractivity contribution in [3.63, 3.8) is 0 Å². The standard InChI is InChI=1S/C19H15F3N4O/c20-19(21,22)15-4-1-5-16(8-15)26-18(27)14-7-17(12-24-11-14)25-10-13-3-2-6-23-9-13/h1-9,11-12,25H,10H2,(H,26,27). The molecule has 5 nitrogen and oxygen atoms in total. The summed E-state index contributed by atoms with van der Waals surface area (Å²) in [6.45, 7) is 0.494. The number of carbonyl (C=O) groups excluding carboxylic acids is 1. The minimum absolute atomic E-state index is 0.0588. The van der Waals surface area contributed by atoms with Gasteiger partial charge in [0, 0.05) is 37.0 Å². The summed E-state index contributed by atoms with van der Waals surface area (Å²) in [5.74, 6) is -0.549. The van der Waals surface area contributed by atoms with Crippen molar-refractivity contribution in [3.05, 3.63) is 83.9 Å². The lowest BCUT2D eigenvalue weighted by Gasteiger charge is -2.11. The average molecular weight is 372 g/mol. The van der Waals surface area contributed by atoms with Gasteiger partial charge in [-0.3, -0.25) is 14.8 Å². The Kier molecular flexibility index (Phi) is 5.35. The fourth-order valence-corrected chi connectivity index (χ4v) is 2.34. The van der Waals surface area contributed by atoms with Crippen LogP contribution in [0.25, 0.3) is 0 Å². The van der Waals surface area contributed by atoms with E-state index in [0.29, 0.717) is 12.2 Å². The van der Waals surface area contributed by atoms with E-state index in [1.165, 1.54) is 18.3 Å². The summed E-state index contributed by atoms with van der Waals surface area (Å²) < 4.78 is 38.3. The Hall–Kier alpha value is -3.42. The van der Waals surface area contributed by atoms with E-state index >= 15 is 0 Å². The molecule has 1 amide bonds. The molecule has 2 N–H and O–H groups in total. The summed E-state index contributed by atoms with van der Waals surface area (Å²) in [4.78, 5) is 20.3. The normalized spacial score (nSPS) is 11.1. The lowest BCUT2D eigenvalue weighted by molar-refractivity contribution is -0.137. The van der Waals surface area contributed by atoms with Crippen LogP contribution in [0.1, 0.15) is 21.5 Å².